The monoisotopic (exact) mass is 358 g/mol. The minimum atomic E-state index is -0.494. The minimum Gasteiger partial charge on any atom is -0.490 e. The van der Waals surface area contributed by atoms with Gasteiger partial charge in [0.05, 0.1) is 5.92 Å². The zero-order chi connectivity index (χ0) is 19.0. The van der Waals surface area contributed by atoms with Crippen LogP contribution in [0.15, 0.2) is 47.8 Å². The van der Waals surface area contributed by atoms with E-state index in [4.69, 9.17) is 14.2 Å². The van der Waals surface area contributed by atoms with Crippen molar-refractivity contribution in [3.8, 4) is 0 Å². The predicted octanol–water partition coefficient (Wildman–Crippen LogP) is 3.62. The van der Waals surface area contributed by atoms with Crippen molar-refractivity contribution in [1.29, 1.82) is 0 Å². The van der Waals surface area contributed by atoms with Gasteiger partial charge in [-0.15, -0.1) is 0 Å². The Morgan fingerprint density at radius 2 is 2.00 bits per heavy atom. The first-order valence-corrected chi connectivity index (χ1v) is 9.07. The van der Waals surface area contributed by atoms with Crippen molar-refractivity contribution in [2.24, 2.45) is 11.8 Å². The SMILES string of the molecule is C=C1OC2CC3=C[C@@H](C/C(C)=C/[C@@H](OC(=O)CC(C)C)[C@@H]2C1=C)OC3=O. The first-order chi connectivity index (χ1) is 12.2. The van der Waals surface area contributed by atoms with Gasteiger partial charge in [-0.05, 0) is 30.6 Å². The summed E-state index contributed by atoms with van der Waals surface area (Å²) in [4.78, 5) is 24.4. The van der Waals surface area contributed by atoms with Crippen LogP contribution in [-0.2, 0) is 23.8 Å². The standard InChI is InChI=1S/C21H26O5/c1-11(2)6-19(22)26-17-8-12(3)7-16-9-15(21(23)25-16)10-18-20(17)13(4)14(5)24-18/h8-9,11,16-18,20H,4-7,10H2,1-3H3/b12-8+/t16-,17-,18?,20+/m1/s1. The van der Waals surface area contributed by atoms with Crippen molar-refractivity contribution in [1.82, 2.24) is 0 Å². The van der Waals surface area contributed by atoms with Gasteiger partial charge in [0.15, 0.2) is 0 Å². The van der Waals surface area contributed by atoms with Crippen LogP contribution in [0, 0.1) is 11.8 Å². The highest BCUT2D eigenvalue weighted by Gasteiger charge is 2.44. The van der Waals surface area contributed by atoms with Crippen LogP contribution < -0.4 is 0 Å². The Bertz CT molecular complexity index is 712. The first kappa shape index (κ1) is 18.5. The molecule has 2 bridgehead atoms. The lowest BCUT2D eigenvalue weighted by Crippen LogP contribution is -2.33. The molecule has 3 rings (SSSR count). The van der Waals surface area contributed by atoms with E-state index in [0.29, 0.717) is 36.2 Å². The van der Waals surface area contributed by atoms with Gasteiger partial charge in [0.25, 0.3) is 0 Å². The Morgan fingerprint density at radius 1 is 1.27 bits per heavy atom. The number of ether oxygens (including phenoxy) is 3. The lowest BCUT2D eigenvalue weighted by Gasteiger charge is -2.26. The van der Waals surface area contributed by atoms with Crippen molar-refractivity contribution >= 4 is 11.9 Å². The summed E-state index contributed by atoms with van der Waals surface area (Å²) in [7, 11) is 0. The molecule has 0 N–H and O–H groups in total. The van der Waals surface area contributed by atoms with Crippen LogP contribution in [0.25, 0.3) is 0 Å². The summed E-state index contributed by atoms with van der Waals surface area (Å²) in [5, 5.41) is 0. The lowest BCUT2D eigenvalue weighted by atomic mass is 9.85. The fourth-order valence-electron chi connectivity index (χ4n) is 3.74. The second kappa shape index (κ2) is 7.14. The number of fused-ring (bicyclic) bond motifs is 2. The largest absolute Gasteiger partial charge is 0.490 e. The molecule has 26 heavy (non-hydrogen) atoms. The van der Waals surface area contributed by atoms with Crippen LogP contribution in [0.1, 0.15) is 40.0 Å². The molecule has 1 fully saturated rings. The third-order valence-corrected chi connectivity index (χ3v) is 4.95. The Morgan fingerprint density at radius 3 is 2.69 bits per heavy atom. The van der Waals surface area contributed by atoms with E-state index in [1.165, 1.54) is 0 Å². The molecule has 0 saturated carbocycles. The molecule has 3 aliphatic rings. The fourth-order valence-corrected chi connectivity index (χ4v) is 3.74. The first-order valence-electron chi connectivity index (χ1n) is 9.07. The van der Waals surface area contributed by atoms with Gasteiger partial charge in [0.1, 0.15) is 24.1 Å². The molecule has 0 amide bonds. The lowest BCUT2D eigenvalue weighted by molar-refractivity contribution is -0.150. The zero-order valence-electron chi connectivity index (χ0n) is 15.6. The molecule has 1 saturated heterocycles. The average Bonchev–Trinajstić information content (AvgIpc) is 2.97. The van der Waals surface area contributed by atoms with Crippen LogP contribution in [0.2, 0.25) is 0 Å². The number of esters is 2. The van der Waals surface area contributed by atoms with E-state index in [2.05, 4.69) is 13.2 Å². The third-order valence-electron chi connectivity index (χ3n) is 4.95. The van der Waals surface area contributed by atoms with Crippen molar-refractivity contribution in [2.45, 2.75) is 58.3 Å². The molecule has 0 spiro atoms. The molecule has 5 heteroatoms. The zero-order valence-corrected chi connectivity index (χ0v) is 15.6. The summed E-state index contributed by atoms with van der Waals surface area (Å²) in [6.07, 6.45) is 4.01. The smallest absolute Gasteiger partial charge is 0.334 e. The summed E-state index contributed by atoms with van der Waals surface area (Å²) < 4.78 is 17.1. The maximum absolute atomic E-state index is 12.3. The van der Waals surface area contributed by atoms with E-state index in [1.807, 2.05) is 32.9 Å². The summed E-state index contributed by atoms with van der Waals surface area (Å²) in [5.41, 5.74) is 2.31. The molecule has 0 aromatic heterocycles. The highest BCUT2D eigenvalue weighted by Crippen LogP contribution is 2.41. The summed E-state index contributed by atoms with van der Waals surface area (Å²) in [6.45, 7) is 13.9. The molecule has 0 radical (unpaired) electrons. The Labute approximate surface area is 154 Å². The molecule has 0 aromatic carbocycles. The van der Waals surface area contributed by atoms with Gasteiger partial charge < -0.3 is 14.2 Å². The van der Waals surface area contributed by atoms with Crippen LogP contribution in [-0.4, -0.2) is 30.3 Å². The topological polar surface area (TPSA) is 61.8 Å². The van der Waals surface area contributed by atoms with Crippen LogP contribution in [0.5, 0.6) is 0 Å². The molecule has 4 atom stereocenters. The number of carbonyl (C=O) groups is 2. The van der Waals surface area contributed by atoms with E-state index in [1.54, 1.807) is 0 Å². The predicted molar refractivity (Wildman–Crippen MR) is 96.9 cm³/mol. The summed E-state index contributed by atoms with van der Waals surface area (Å²) in [6, 6.07) is 0. The highest BCUT2D eigenvalue weighted by atomic mass is 16.6. The second-order valence-corrected chi connectivity index (χ2v) is 7.74. The maximum atomic E-state index is 12.3. The number of allylic oxidation sites excluding steroid dienone is 1. The average molecular weight is 358 g/mol. The van der Waals surface area contributed by atoms with Gasteiger partial charge in [-0.3, -0.25) is 4.79 Å². The van der Waals surface area contributed by atoms with Gasteiger partial charge in [-0.25, -0.2) is 4.79 Å². The van der Waals surface area contributed by atoms with E-state index < -0.39 is 6.10 Å². The Kier molecular flexibility index (Phi) is 5.08. The van der Waals surface area contributed by atoms with Crippen molar-refractivity contribution < 1.29 is 23.8 Å². The van der Waals surface area contributed by atoms with Crippen molar-refractivity contribution in [2.75, 3.05) is 0 Å². The number of rotatable bonds is 3. The Balaban J connectivity index is 1.93. The van der Waals surface area contributed by atoms with E-state index in [0.717, 1.165) is 5.57 Å². The van der Waals surface area contributed by atoms with Crippen LogP contribution in [0.4, 0.5) is 0 Å². The van der Waals surface area contributed by atoms with Crippen molar-refractivity contribution in [3.63, 3.8) is 0 Å². The molecule has 2 aliphatic heterocycles. The quantitative estimate of drug-likeness (QED) is 0.570. The fraction of sp³-hybridized carbons (Fsp3) is 0.524. The summed E-state index contributed by atoms with van der Waals surface area (Å²) >= 11 is 0. The van der Waals surface area contributed by atoms with Gasteiger partial charge >= 0.3 is 11.9 Å². The molecule has 5 nitrogen and oxygen atoms in total. The molecule has 2 heterocycles. The van der Waals surface area contributed by atoms with E-state index >= 15 is 0 Å². The normalized spacial score (nSPS) is 33.0. The molecular formula is C21H26O5. The maximum Gasteiger partial charge on any atom is 0.334 e. The van der Waals surface area contributed by atoms with Crippen LogP contribution in [0.3, 0.4) is 0 Å². The molecule has 1 unspecified atom stereocenters. The second-order valence-electron chi connectivity index (χ2n) is 7.74. The van der Waals surface area contributed by atoms with Crippen LogP contribution >= 0.6 is 0 Å². The molecule has 140 valence electrons. The Hall–Kier alpha value is -2.30. The van der Waals surface area contributed by atoms with E-state index in [9.17, 15) is 9.59 Å². The third kappa shape index (κ3) is 3.76. The van der Waals surface area contributed by atoms with Gasteiger partial charge in [-0.1, -0.05) is 32.6 Å². The summed E-state index contributed by atoms with van der Waals surface area (Å²) in [5.74, 6) is -0.112. The number of hydrogen-bond donors (Lipinski definition) is 0. The van der Waals surface area contributed by atoms with E-state index in [-0.39, 0.29) is 36.0 Å². The molecule has 0 aromatic rings. The van der Waals surface area contributed by atoms with Crippen molar-refractivity contribution in [3.05, 3.63) is 47.8 Å². The minimum absolute atomic E-state index is 0.216. The number of carbonyl (C=O) groups excluding carboxylic acids is 2. The number of hydrogen-bond acceptors (Lipinski definition) is 5. The van der Waals surface area contributed by atoms with Gasteiger partial charge in [0.2, 0.25) is 0 Å². The molecule has 1 aliphatic carbocycles. The van der Waals surface area contributed by atoms with Gasteiger partial charge in [-0.2, -0.15) is 0 Å². The highest BCUT2D eigenvalue weighted by molar-refractivity contribution is 5.91. The van der Waals surface area contributed by atoms with Gasteiger partial charge in [0, 0.05) is 24.8 Å². The molecular weight excluding hydrogens is 332 g/mol.